The lowest BCUT2D eigenvalue weighted by molar-refractivity contribution is 0.341. The third-order valence-electron chi connectivity index (χ3n) is 1.44. The number of ether oxygens (including phenoxy) is 2. The number of hydrogen-bond acceptors (Lipinski definition) is 3. The van der Waals surface area contributed by atoms with Gasteiger partial charge in [0.05, 0.1) is 14.2 Å². The maximum absolute atomic E-state index is 11.2. The first-order valence-electron chi connectivity index (χ1n) is 3.29. The largest absolute Gasteiger partial charge is 0.489 e. The molecule has 0 atom stereocenters. The van der Waals surface area contributed by atoms with Gasteiger partial charge in [-0.15, -0.1) is 0 Å². The highest BCUT2D eigenvalue weighted by atomic mass is 16.5. The van der Waals surface area contributed by atoms with Crippen molar-refractivity contribution < 1.29 is 9.47 Å². The Hall–Kier alpha value is -1.39. The van der Waals surface area contributed by atoms with Gasteiger partial charge in [0.2, 0.25) is 17.1 Å². The van der Waals surface area contributed by atoms with E-state index in [0.717, 1.165) is 0 Å². The SMILES string of the molecule is [B]c1c[nH]c(OC)c(OC)c1=O. The van der Waals surface area contributed by atoms with Gasteiger partial charge < -0.3 is 14.5 Å². The topological polar surface area (TPSA) is 51.3 Å². The van der Waals surface area contributed by atoms with E-state index in [9.17, 15) is 4.79 Å². The zero-order valence-corrected chi connectivity index (χ0v) is 6.88. The zero-order valence-electron chi connectivity index (χ0n) is 6.88. The van der Waals surface area contributed by atoms with Crippen LogP contribution in [0.4, 0.5) is 0 Å². The highest BCUT2D eigenvalue weighted by Gasteiger charge is 2.08. The molecule has 0 aliphatic carbocycles. The van der Waals surface area contributed by atoms with Gasteiger partial charge in [0.25, 0.3) is 0 Å². The van der Waals surface area contributed by atoms with Gasteiger partial charge in [-0.2, -0.15) is 0 Å². The van der Waals surface area contributed by atoms with Gasteiger partial charge in [-0.3, -0.25) is 4.79 Å². The van der Waals surface area contributed by atoms with Gasteiger partial charge in [-0.1, -0.05) is 0 Å². The van der Waals surface area contributed by atoms with E-state index in [2.05, 4.69) is 4.98 Å². The van der Waals surface area contributed by atoms with Gasteiger partial charge in [0.1, 0.15) is 7.85 Å². The Morgan fingerprint density at radius 2 is 2.08 bits per heavy atom. The standard InChI is InChI=1S/C7H8BNO3/c1-11-6-5(10)4(8)3-9-7(6)12-2/h3H,1-2H3,(H,9,10). The maximum atomic E-state index is 11.2. The lowest BCUT2D eigenvalue weighted by Crippen LogP contribution is -2.26. The summed E-state index contributed by atoms with van der Waals surface area (Å²) in [6.07, 6.45) is 1.36. The van der Waals surface area contributed by atoms with Crippen molar-refractivity contribution in [2.45, 2.75) is 0 Å². The average molecular weight is 165 g/mol. The van der Waals surface area contributed by atoms with E-state index in [-0.39, 0.29) is 22.5 Å². The Kier molecular flexibility index (Phi) is 2.42. The number of aromatic amines is 1. The van der Waals surface area contributed by atoms with Crippen molar-refractivity contribution in [3.63, 3.8) is 0 Å². The smallest absolute Gasteiger partial charge is 0.238 e. The minimum Gasteiger partial charge on any atom is -0.489 e. The van der Waals surface area contributed by atoms with Crippen molar-refractivity contribution >= 4 is 13.3 Å². The molecule has 0 amide bonds. The van der Waals surface area contributed by atoms with Crippen molar-refractivity contribution in [3.8, 4) is 11.6 Å². The number of nitrogens with one attached hydrogen (secondary N) is 1. The molecular formula is C7H8BNO3. The Morgan fingerprint density at radius 1 is 1.42 bits per heavy atom. The van der Waals surface area contributed by atoms with Crippen molar-refractivity contribution in [2.75, 3.05) is 14.2 Å². The third-order valence-corrected chi connectivity index (χ3v) is 1.44. The first kappa shape index (κ1) is 8.71. The summed E-state index contributed by atoms with van der Waals surface area (Å²) in [5.41, 5.74) is -0.263. The quantitative estimate of drug-likeness (QED) is 0.582. The Labute approximate surface area is 70.9 Å². The molecule has 1 aromatic heterocycles. The molecule has 0 aliphatic heterocycles. The molecule has 1 heterocycles. The molecule has 0 saturated carbocycles. The fourth-order valence-electron chi connectivity index (χ4n) is 0.846. The number of hydrogen-bond donors (Lipinski definition) is 1. The Morgan fingerprint density at radius 3 is 2.58 bits per heavy atom. The minimum absolute atomic E-state index is 0.0949. The molecular weight excluding hydrogens is 157 g/mol. The number of H-pyrrole nitrogens is 1. The van der Waals surface area contributed by atoms with Crippen LogP contribution in [-0.4, -0.2) is 27.0 Å². The molecule has 0 saturated heterocycles. The van der Waals surface area contributed by atoms with Crippen LogP contribution in [0.2, 0.25) is 0 Å². The fourth-order valence-corrected chi connectivity index (χ4v) is 0.846. The third kappa shape index (κ3) is 1.30. The Bertz CT molecular complexity index is 334. The Balaban J connectivity index is 3.36. The molecule has 4 nitrogen and oxygen atoms in total. The summed E-state index contributed by atoms with van der Waals surface area (Å²) in [5, 5.41) is 0. The first-order chi connectivity index (χ1) is 5.70. The number of methoxy groups -OCH3 is 2. The van der Waals surface area contributed by atoms with Gasteiger partial charge in [0, 0.05) is 6.20 Å². The highest BCUT2D eigenvalue weighted by molar-refractivity contribution is 6.32. The van der Waals surface area contributed by atoms with E-state index in [4.69, 9.17) is 17.3 Å². The van der Waals surface area contributed by atoms with Gasteiger partial charge >= 0.3 is 0 Å². The van der Waals surface area contributed by atoms with Crippen LogP contribution < -0.4 is 20.4 Å². The molecule has 1 aromatic rings. The van der Waals surface area contributed by atoms with E-state index in [0.29, 0.717) is 0 Å². The van der Waals surface area contributed by atoms with Crippen molar-refractivity contribution in [2.24, 2.45) is 0 Å². The van der Waals surface area contributed by atoms with Crippen molar-refractivity contribution in [1.82, 2.24) is 4.98 Å². The van der Waals surface area contributed by atoms with Gasteiger partial charge in [-0.05, 0) is 5.46 Å². The average Bonchev–Trinajstić information content (AvgIpc) is 2.09. The monoisotopic (exact) mass is 165 g/mol. The molecule has 0 fully saturated rings. The van der Waals surface area contributed by atoms with Gasteiger partial charge in [0.15, 0.2) is 0 Å². The molecule has 5 heteroatoms. The second-order valence-corrected chi connectivity index (χ2v) is 2.14. The van der Waals surface area contributed by atoms with Crippen LogP contribution in [-0.2, 0) is 0 Å². The lowest BCUT2D eigenvalue weighted by atomic mass is 9.98. The van der Waals surface area contributed by atoms with Crippen LogP contribution in [0.15, 0.2) is 11.0 Å². The first-order valence-corrected chi connectivity index (χ1v) is 3.29. The highest BCUT2D eigenvalue weighted by Crippen LogP contribution is 2.15. The van der Waals surface area contributed by atoms with E-state index in [1.807, 2.05) is 0 Å². The summed E-state index contributed by atoms with van der Waals surface area (Å²) in [7, 11) is 8.16. The maximum Gasteiger partial charge on any atom is 0.238 e. The van der Waals surface area contributed by atoms with E-state index in [1.165, 1.54) is 20.4 Å². The minimum atomic E-state index is -0.367. The van der Waals surface area contributed by atoms with Crippen LogP contribution in [0.1, 0.15) is 0 Å². The van der Waals surface area contributed by atoms with Crippen LogP contribution in [0.3, 0.4) is 0 Å². The molecule has 0 unspecified atom stereocenters. The van der Waals surface area contributed by atoms with E-state index in [1.54, 1.807) is 0 Å². The van der Waals surface area contributed by atoms with E-state index < -0.39 is 0 Å². The number of aromatic nitrogens is 1. The summed E-state index contributed by atoms with van der Waals surface area (Å²) in [5.74, 6) is 0.370. The number of rotatable bonds is 2. The summed E-state index contributed by atoms with van der Waals surface area (Å²) < 4.78 is 9.64. The normalized spacial score (nSPS) is 9.50. The molecule has 0 spiro atoms. The molecule has 0 bridgehead atoms. The summed E-state index contributed by atoms with van der Waals surface area (Å²) in [4.78, 5) is 13.9. The molecule has 2 radical (unpaired) electrons. The van der Waals surface area contributed by atoms with Crippen LogP contribution in [0, 0.1) is 0 Å². The summed E-state index contributed by atoms with van der Waals surface area (Å²) in [6.45, 7) is 0. The second kappa shape index (κ2) is 3.34. The van der Waals surface area contributed by atoms with Crippen LogP contribution in [0.5, 0.6) is 11.6 Å². The molecule has 0 aliphatic rings. The van der Waals surface area contributed by atoms with Crippen LogP contribution in [0.25, 0.3) is 0 Å². The van der Waals surface area contributed by atoms with Crippen molar-refractivity contribution in [3.05, 3.63) is 16.4 Å². The molecule has 1 N–H and O–H groups in total. The van der Waals surface area contributed by atoms with Crippen LogP contribution >= 0.6 is 0 Å². The molecule has 1 rings (SSSR count). The summed E-state index contributed by atoms with van der Waals surface area (Å²) >= 11 is 0. The lowest BCUT2D eigenvalue weighted by Gasteiger charge is -2.06. The zero-order chi connectivity index (χ0) is 9.14. The molecule has 62 valence electrons. The predicted octanol–water partition coefficient (Wildman–Crippen LogP) is -0.814. The van der Waals surface area contributed by atoms with E-state index >= 15 is 0 Å². The predicted molar refractivity (Wildman–Crippen MR) is 45.6 cm³/mol. The fraction of sp³-hybridized carbons (Fsp3) is 0.286. The van der Waals surface area contributed by atoms with Crippen molar-refractivity contribution in [1.29, 1.82) is 0 Å². The molecule has 12 heavy (non-hydrogen) atoms. The summed E-state index contributed by atoms with van der Waals surface area (Å²) in [6, 6.07) is 0. The number of pyridine rings is 1. The van der Waals surface area contributed by atoms with Gasteiger partial charge in [-0.25, -0.2) is 0 Å². The second-order valence-electron chi connectivity index (χ2n) is 2.14. The molecule has 0 aromatic carbocycles.